The van der Waals surface area contributed by atoms with Crippen LogP contribution in [0.1, 0.15) is 18.4 Å². The van der Waals surface area contributed by atoms with E-state index >= 15 is 0 Å². The highest BCUT2D eigenvalue weighted by Crippen LogP contribution is 2.19. The van der Waals surface area contributed by atoms with Gasteiger partial charge in [0.2, 0.25) is 5.91 Å². The minimum absolute atomic E-state index is 0.0507. The van der Waals surface area contributed by atoms with Gasteiger partial charge in [-0.3, -0.25) is 9.59 Å². The largest absolute Gasteiger partial charge is 0.496 e. The molecule has 126 valence electrons. The van der Waals surface area contributed by atoms with Crippen LogP contribution in [0.2, 0.25) is 0 Å². The summed E-state index contributed by atoms with van der Waals surface area (Å²) >= 11 is 0. The number of carbonyl (C=O) groups is 3. The van der Waals surface area contributed by atoms with Gasteiger partial charge in [-0.2, -0.15) is 0 Å². The Balaban J connectivity index is 2.75. The first-order chi connectivity index (χ1) is 11.0. The molecule has 1 aromatic carbocycles. The normalized spacial score (nSPS) is 11.3. The minimum atomic E-state index is -0.860. The Morgan fingerprint density at radius 1 is 1.04 bits per heavy atom. The van der Waals surface area contributed by atoms with E-state index in [-0.39, 0.29) is 19.3 Å². The van der Waals surface area contributed by atoms with Crippen LogP contribution >= 0.6 is 0 Å². The number of hydrogen-bond acceptors (Lipinski definition) is 6. The maximum atomic E-state index is 11.9. The summed E-state index contributed by atoms with van der Waals surface area (Å²) in [6, 6.07) is 6.33. The summed E-state index contributed by atoms with van der Waals surface area (Å²) in [6.07, 6.45) is 0.109. The molecule has 0 unspecified atom stereocenters. The van der Waals surface area contributed by atoms with Crippen LogP contribution in [0, 0.1) is 0 Å². The van der Waals surface area contributed by atoms with Gasteiger partial charge in [0.1, 0.15) is 11.8 Å². The van der Waals surface area contributed by atoms with Gasteiger partial charge in [-0.05, 0) is 11.6 Å². The van der Waals surface area contributed by atoms with Crippen molar-refractivity contribution < 1.29 is 28.6 Å². The molecule has 0 saturated carbocycles. The van der Waals surface area contributed by atoms with E-state index in [2.05, 4.69) is 10.1 Å². The SMILES string of the molecule is COC(=O)CCC(=O)N[C@@H](Cc1ccccc1OC)C(=O)OC. The molecule has 0 radical (unpaired) electrons. The molecule has 1 amide bonds. The Hall–Kier alpha value is -2.57. The summed E-state index contributed by atoms with van der Waals surface area (Å²) in [4.78, 5) is 34.8. The van der Waals surface area contributed by atoms with Gasteiger partial charge in [-0.1, -0.05) is 18.2 Å². The molecule has 23 heavy (non-hydrogen) atoms. The molecule has 0 aliphatic rings. The fourth-order valence-corrected chi connectivity index (χ4v) is 2.01. The number of amides is 1. The summed E-state index contributed by atoms with van der Waals surface area (Å²) < 4.78 is 14.4. The average Bonchev–Trinajstić information content (AvgIpc) is 2.58. The van der Waals surface area contributed by atoms with E-state index < -0.39 is 23.9 Å². The third kappa shape index (κ3) is 5.98. The van der Waals surface area contributed by atoms with Crippen molar-refractivity contribution in [1.29, 1.82) is 0 Å². The summed E-state index contributed by atoms with van der Waals surface area (Å²) in [5.41, 5.74) is 0.763. The van der Waals surface area contributed by atoms with Crippen molar-refractivity contribution in [3.63, 3.8) is 0 Å². The number of ether oxygens (including phenoxy) is 3. The third-order valence-electron chi connectivity index (χ3n) is 3.22. The van der Waals surface area contributed by atoms with Gasteiger partial charge in [0, 0.05) is 12.8 Å². The quantitative estimate of drug-likeness (QED) is 0.713. The van der Waals surface area contributed by atoms with Gasteiger partial charge in [-0.25, -0.2) is 4.79 Å². The Bertz CT molecular complexity index is 557. The minimum Gasteiger partial charge on any atom is -0.496 e. The lowest BCUT2D eigenvalue weighted by molar-refractivity contribution is -0.145. The van der Waals surface area contributed by atoms with Crippen molar-refractivity contribution in [1.82, 2.24) is 5.32 Å². The van der Waals surface area contributed by atoms with E-state index in [4.69, 9.17) is 9.47 Å². The van der Waals surface area contributed by atoms with Gasteiger partial charge >= 0.3 is 11.9 Å². The van der Waals surface area contributed by atoms with Crippen LogP contribution in [-0.4, -0.2) is 45.2 Å². The van der Waals surface area contributed by atoms with Crippen LogP contribution in [0.5, 0.6) is 5.75 Å². The molecule has 0 heterocycles. The number of nitrogens with one attached hydrogen (secondary N) is 1. The lowest BCUT2D eigenvalue weighted by Gasteiger charge is -2.18. The number of carbonyl (C=O) groups excluding carboxylic acids is 3. The number of para-hydroxylation sites is 1. The molecule has 0 aliphatic carbocycles. The number of rotatable bonds is 8. The van der Waals surface area contributed by atoms with E-state index in [1.54, 1.807) is 12.1 Å². The first kappa shape index (κ1) is 18.5. The fourth-order valence-electron chi connectivity index (χ4n) is 2.01. The predicted molar refractivity (Wildman–Crippen MR) is 81.9 cm³/mol. The number of methoxy groups -OCH3 is 3. The zero-order valence-electron chi connectivity index (χ0n) is 13.5. The molecule has 0 aromatic heterocycles. The van der Waals surface area contributed by atoms with Crippen LogP contribution in [0.15, 0.2) is 24.3 Å². The molecule has 1 N–H and O–H groups in total. The summed E-state index contributed by atoms with van der Waals surface area (Å²) in [5.74, 6) is -0.868. The van der Waals surface area contributed by atoms with E-state index in [9.17, 15) is 14.4 Å². The Morgan fingerprint density at radius 2 is 1.74 bits per heavy atom. The number of esters is 2. The molecule has 0 aliphatic heterocycles. The molecule has 1 rings (SSSR count). The standard InChI is InChI=1S/C16H21NO6/c1-21-13-7-5-4-6-11(13)10-12(16(20)23-3)17-14(18)8-9-15(19)22-2/h4-7,12H,8-10H2,1-3H3,(H,17,18)/t12-/m0/s1. The van der Waals surface area contributed by atoms with Crippen LogP contribution in [0.3, 0.4) is 0 Å². The lowest BCUT2D eigenvalue weighted by Crippen LogP contribution is -2.43. The third-order valence-corrected chi connectivity index (χ3v) is 3.22. The lowest BCUT2D eigenvalue weighted by atomic mass is 10.0. The van der Waals surface area contributed by atoms with Gasteiger partial charge < -0.3 is 19.5 Å². The van der Waals surface area contributed by atoms with Crippen LogP contribution in [-0.2, 0) is 30.3 Å². The second kappa shape index (κ2) is 9.45. The van der Waals surface area contributed by atoms with Gasteiger partial charge in [0.05, 0.1) is 27.8 Å². The molecular weight excluding hydrogens is 302 g/mol. The molecule has 0 bridgehead atoms. The summed E-state index contributed by atoms with van der Waals surface area (Å²) in [5, 5.41) is 2.57. The Morgan fingerprint density at radius 3 is 2.35 bits per heavy atom. The van der Waals surface area contributed by atoms with E-state index in [1.165, 1.54) is 21.3 Å². The van der Waals surface area contributed by atoms with Crippen molar-refractivity contribution in [2.24, 2.45) is 0 Å². The van der Waals surface area contributed by atoms with Gasteiger partial charge in [0.25, 0.3) is 0 Å². The molecule has 0 saturated heterocycles. The van der Waals surface area contributed by atoms with Crippen LogP contribution in [0.25, 0.3) is 0 Å². The second-order valence-corrected chi connectivity index (χ2v) is 4.74. The average molecular weight is 323 g/mol. The zero-order valence-corrected chi connectivity index (χ0v) is 13.5. The second-order valence-electron chi connectivity index (χ2n) is 4.74. The molecular formula is C16H21NO6. The Kier molecular flexibility index (Phi) is 7.59. The van der Waals surface area contributed by atoms with Gasteiger partial charge in [0.15, 0.2) is 0 Å². The zero-order chi connectivity index (χ0) is 17.2. The smallest absolute Gasteiger partial charge is 0.328 e. The number of benzene rings is 1. The molecule has 1 aromatic rings. The van der Waals surface area contributed by atoms with Crippen molar-refractivity contribution in [3.8, 4) is 5.75 Å². The Labute approximate surface area is 134 Å². The van der Waals surface area contributed by atoms with E-state index in [1.807, 2.05) is 12.1 Å². The van der Waals surface area contributed by atoms with Crippen molar-refractivity contribution in [3.05, 3.63) is 29.8 Å². The maximum Gasteiger partial charge on any atom is 0.328 e. The predicted octanol–water partition coefficient (Wildman–Crippen LogP) is 0.849. The first-order valence-electron chi connectivity index (χ1n) is 7.07. The fraction of sp³-hybridized carbons (Fsp3) is 0.438. The highest BCUT2D eigenvalue weighted by molar-refractivity contribution is 5.86. The maximum absolute atomic E-state index is 11.9. The van der Waals surface area contributed by atoms with Crippen LogP contribution < -0.4 is 10.1 Å². The van der Waals surface area contributed by atoms with Crippen molar-refractivity contribution >= 4 is 17.8 Å². The monoisotopic (exact) mass is 323 g/mol. The molecule has 1 atom stereocenters. The summed E-state index contributed by atoms with van der Waals surface area (Å²) in [7, 11) is 4.03. The van der Waals surface area contributed by atoms with Crippen LogP contribution in [0.4, 0.5) is 0 Å². The highest BCUT2D eigenvalue weighted by Gasteiger charge is 2.23. The van der Waals surface area contributed by atoms with Crippen molar-refractivity contribution in [2.45, 2.75) is 25.3 Å². The van der Waals surface area contributed by atoms with Gasteiger partial charge in [-0.15, -0.1) is 0 Å². The first-order valence-corrected chi connectivity index (χ1v) is 7.07. The molecule has 0 spiro atoms. The topological polar surface area (TPSA) is 90.9 Å². The number of hydrogen-bond donors (Lipinski definition) is 1. The molecule has 7 nitrogen and oxygen atoms in total. The molecule has 7 heteroatoms. The van der Waals surface area contributed by atoms with E-state index in [0.29, 0.717) is 5.75 Å². The van der Waals surface area contributed by atoms with Crippen molar-refractivity contribution in [2.75, 3.05) is 21.3 Å². The van der Waals surface area contributed by atoms with E-state index in [0.717, 1.165) is 5.56 Å². The highest BCUT2D eigenvalue weighted by atomic mass is 16.5. The molecule has 0 fully saturated rings. The summed E-state index contributed by atoms with van der Waals surface area (Å²) in [6.45, 7) is 0.